The molecule has 0 amide bonds. The van der Waals surface area contributed by atoms with Crippen LogP contribution in [0.4, 0.5) is 5.69 Å². The van der Waals surface area contributed by atoms with E-state index >= 15 is 0 Å². The Labute approximate surface area is 105 Å². The zero-order chi connectivity index (χ0) is 12.3. The van der Waals surface area contributed by atoms with Crippen LogP contribution in [0.2, 0.25) is 0 Å². The van der Waals surface area contributed by atoms with Gasteiger partial charge in [-0.2, -0.15) is 0 Å². The number of hydrazine groups is 1. The fourth-order valence-electron chi connectivity index (χ4n) is 1.78. The van der Waals surface area contributed by atoms with E-state index in [1.54, 1.807) is 0 Å². The zero-order valence-electron chi connectivity index (χ0n) is 9.31. The second-order valence-corrected chi connectivity index (χ2v) is 4.08. The summed E-state index contributed by atoms with van der Waals surface area (Å²) >= 11 is 4.86. The van der Waals surface area contributed by atoms with Crippen LogP contribution in [0.25, 0.3) is 10.9 Å². The molecule has 90 valence electrons. The van der Waals surface area contributed by atoms with Crippen LogP contribution in [0.1, 0.15) is 0 Å². The molecule has 6 N–H and O–H groups in total. The van der Waals surface area contributed by atoms with Crippen molar-refractivity contribution < 1.29 is 0 Å². The zero-order valence-corrected chi connectivity index (χ0v) is 10.1. The van der Waals surface area contributed by atoms with Gasteiger partial charge in [0.1, 0.15) is 0 Å². The Morgan fingerprint density at radius 1 is 1.41 bits per heavy atom. The Balaban J connectivity index is 2.37. The van der Waals surface area contributed by atoms with Gasteiger partial charge in [-0.05, 0) is 18.3 Å². The Morgan fingerprint density at radius 3 is 2.88 bits per heavy atom. The van der Waals surface area contributed by atoms with E-state index < -0.39 is 0 Å². The maximum absolute atomic E-state index is 5.58. The molecule has 2 aromatic rings. The number of nitrogens with zero attached hydrogens (tertiary/aromatic N) is 1. The monoisotopic (exact) mass is 249 g/mol. The number of benzene rings is 1. The van der Waals surface area contributed by atoms with Crippen LogP contribution in [-0.2, 0) is 0 Å². The van der Waals surface area contributed by atoms with E-state index in [0.717, 1.165) is 16.6 Å². The number of anilines is 1. The lowest BCUT2D eigenvalue weighted by Crippen LogP contribution is -2.47. The van der Waals surface area contributed by atoms with Crippen molar-refractivity contribution in [1.82, 2.24) is 10.4 Å². The van der Waals surface area contributed by atoms with Gasteiger partial charge in [0, 0.05) is 23.6 Å². The van der Waals surface area contributed by atoms with Crippen molar-refractivity contribution in [1.29, 1.82) is 0 Å². The minimum Gasteiger partial charge on any atom is -0.375 e. The predicted octanol–water partition coefficient (Wildman–Crippen LogP) is 0.681. The number of thiocarbonyl (C=S) groups is 1. The number of aromatic nitrogens is 1. The minimum atomic E-state index is 0.226. The first-order valence-corrected chi connectivity index (χ1v) is 5.73. The lowest BCUT2D eigenvalue weighted by molar-refractivity contribution is 0.763. The van der Waals surface area contributed by atoms with Crippen molar-refractivity contribution in [2.45, 2.75) is 0 Å². The number of fused-ring (bicyclic) bond motifs is 1. The summed E-state index contributed by atoms with van der Waals surface area (Å²) in [7, 11) is 0. The van der Waals surface area contributed by atoms with Crippen LogP contribution in [0, 0.1) is 0 Å². The third-order valence-corrected chi connectivity index (χ3v) is 2.55. The Hall–Kier alpha value is -1.79. The van der Waals surface area contributed by atoms with Crippen LogP contribution in [0.15, 0.2) is 30.5 Å². The lowest BCUT2D eigenvalue weighted by Gasteiger charge is -2.24. The molecule has 5 nitrogen and oxygen atoms in total. The fourth-order valence-corrected chi connectivity index (χ4v) is 1.89. The number of rotatable bonds is 4. The van der Waals surface area contributed by atoms with E-state index in [0.29, 0.717) is 13.1 Å². The second kappa shape index (κ2) is 5.03. The molecule has 17 heavy (non-hydrogen) atoms. The van der Waals surface area contributed by atoms with E-state index in [1.165, 1.54) is 0 Å². The van der Waals surface area contributed by atoms with Gasteiger partial charge in [0.2, 0.25) is 0 Å². The highest BCUT2D eigenvalue weighted by Crippen LogP contribution is 2.24. The van der Waals surface area contributed by atoms with Crippen molar-refractivity contribution in [2.75, 3.05) is 18.1 Å². The summed E-state index contributed by atoms with van der Waals surface area (Å²) in [5.74, 6) is 0. The Morgan fingerprint density at radius 2 is 2.18 bits per heavy atom. The summed E-state index contributed by atoms with van der Waals surface area (Å²) in [5, 5.41) is 3.18. The standard InChI is InChI=1S/C11H15N5S/c12-5-6-16(15-11(13)17)10-7-14-9-4-2-1-3-8(9)10/h1-4,7,14H,5-6,12H2,(H3,13,15,17). The average Bonchev–Trinajstić information content (AvgIpc) is 2.71. The normalized spacial score (nSPS) is 10.4. The highest BCUT2D eigenvalue weighted by Gasteiger charge is 2.11. The van der Waals surface area contributed by atoms with Gasteiger partial charge in [-0.15, -0.1) is 0 Å². The summed E-state index contributed by atoms with van der Waals surface area (Å²) < 4.78 is 0. The van der Waals surface area contributed by atoms with E-state index in [-0.39, 0.29) is 5.11 Å². The van der Waals surface area contributed by atoms with Crippen LogP contribution in [0.3, 0.4) is 0 Å². The molecule has 0 aliphatic heterocycles. The Bertz CT molecular complexity index is 521. The van der Waals surface area contributed by atoms with Crippen molar-refractivity contribution in [2.24, 2.45) is 11.5 Å². The molecular weight excluding hydrogens is 234 g/mol. The quantitative estimate of drug-likeness (QED) is 0.473. The molecule has 0 saturated carbocycles. The van der Waals surface area contributed by atoms with Gasteiger partial charge < -0.3 is 16.5 Å². The summed E-state index contributed by atoms with van der Waals surface area (Å²) in [5.41, 5.74) is 16.0. The number of H-pyrrole nitrogens is 1. The number of nitrogens with two attached hydrogens (primary N) is 2. The topological polar surface area (TPSA) is 83.1 Å². The van der Waals surface area contributed by atoms with Crippen molar-refractivity contribution >= 4 is 33.9 Å². The summed E-state index contributed by atoms with van der Waals surface area (Å²) in [6.45, 7) is 1.13. The first-order valence-electron chi connectivity index (χ1n) is 5.32. The maximum Gasteiger partial charge on any atom is 0.182 e. The molecule has 6 heteroatoms. The van der Waals surface area contributed by atoms with E-state index in [1.807, 2.05) is 35.5 Å². The molecule has 0 unspecified atom stereocenters. The molecule has 1 aromatic carbocycles. The van der Waals surface area contributed by atoms with Crippen LogP contribution >= 0.6 is 12.2 Å². The third kappa shape index (κ3) is 2.48. The number of nitrogens with one attached hydrogen (secondary N) is 2. The number of aromatic amines is 1. The molecule has 1 aromatic heterocycles. The number of hydrogen-bond acceptors (Lipinski definition) is 3. The average molecular weight is 249 g/mol. The fraction of sp³-hybridized carbons (Fsp3) is 0.182. The molecule has 0 saturated heterocycles. The number of para-hydroxylation sites is 1. The van der Waals surface area contributed by atoms with Crippen LogP contribution < -0.4 is 21.9 Å². The smallest absolute Gasteiger partial charge is 0.182 e. The summed E-state index contributed by atoms with van der Waals surface area (Å²) in [6, 6.07) is 8.02. The molecular formula is C11H15N5S. The van der Waals surface area contributed by atoms with Gasteiger partial charge in [-0.25, -0.2) is 0 Å². The first kappa shape index (κ1) is 11.7. The van der Waals surface area contributed by atoms with Crippen molar-refractivity contribution in [3.63, 3.8) is 0 Å². The number of hydrogen-bond donors (Lipinski definition) is 4. The lowest BCUT2D eigenvalue weighted by atomic mass is 10.2. The highest BCUT2D eigenvalue weighted by atomic mass is 32.1. The highest BCUT2D eigenvalue weighted by molar-refractivity contribution is 7.80. The van der Waals surface area contributed by atoms with Gasteiger partial charge >= 0.3 is 0 Å². The van der Waals surface area contributed by atoms with Crippen LogP contribution in [-0.4, -0.2) is 23.2 Å². The van der Waals surface area contributed by atoms with Gasteiger partial charge in [0.05, 0.1) is 12.2 Å². The van der Waals surface area contributed by atoms with Gasteiger partial charge in [0.25, 0.3) is 0 Å². The predicted molar refractivity (Wildman–Crippen MR) is 74.6 cm³/mol. The summed E-state index contributed by atoms with van der Waals surface area (Å²) in [4.78, 5) is 3.19. The molecule has 1 heterocycles. The van der Waals surface area contributed by atoms with Gasteiger partial charge in [0.15, 0.2) is 5.11 Å². The van der Waals surface area contributed by atoms with E-state index in [4.69, 9.17) is 23.7 Å². The summed E-state index contributed by atoms with van der Waals surface area (Å²) in [6.07, 6.45) is 1.91. The maximum atomic E-state index is 5.58. The Kier molecular flexibility index (Phi) is 3.46. The largest absolute Gasteiger partial charge is 0.375 e. The van der Waals surface area contributed by atoms with Crippen molar-refractivity contribution in [3.05, 3.63) is 30.5 Å². The molecule has 2 rings (SSSR count). The molecule has 0 aliphatic carbocycles. The molecule has 0 aliphatic rings. The first-order chi connectivity index (χ1) is 8.22. The van der Waals surface area contributed by atoms with Crippen LogP contribution in [0.5, 0.6) is 0 Å². The second-order valence-electron chi connectivity index (χ2n) is 3.64. The molecule has 0 atom stereocenters. The molecule has 0 fully saturated rings. The third-order valence-electron chi connectivity index (χ3n) is 2.46. The minimum absolute atomic E-state index is 0.226. The van der Waals surface area contributed by atoms with E-state index in [9.17, 15) is 0 Å². The molecule has 0 spiro atoms. The van der Waals surface area contributed by atoms with Gasteiger partial charge in [-0.1, -0.05) is 18.2 Å². The van der Waals surface area contributed by atoms with Gasteiger partial charge in [-0.3, -0.25) is 10.4 Å². The van der Waals surface area contributed by atoms with Crippen molar-refractivity contribution in [3.8, 4) is 0 Å². The SMILES string of the molecule is NCCN(NC(N)=S)c1c[nH]c2ccccc12. The molecule has 0 bridgehead atoms. The molecule has 0 radical (unpaired) electrons. The van der Waals surface area contributed by atoms with E-state index in [2.05, 4.69) is 10.4 Å².